The molecular weight excluding hydrogens is 335 g/mol. The van der Waals surface area contributed by atoms with Crippen molar-refractivity contribution in [3.63, 3.8) is 0 Å². The number of amides is 2. The average molecular weight is 355 g/mol. The second-order valence-electron chi connectivity index (χ2n) is 6.81. The molecule has 1 saturated heterocycles. The van der Waals surface area contributed by atoms with Gasteiger partial charge in [-0.05, 0) is 30.9 Å². The van der Waals surface area contributed by atoms with Crippen LogP contribution < -0.4 is 5.32 Å². The highest BCUT2D eigenvalue weighted by atomic mass is 35.5. The van der Waals surface area contributed by atoms with Gasteiger partial charge in [0.15, 0.2) is 0 Å². The topological polar surface area (TPSA) is 69.6 Å². The quantitative estimate of drug-likeness (QED) is 0.876. The molecule has 0 radical (unpaired) electrons. The molecule has 1 heterocycles. The zero-order valence-corrected chi connectivity index (χ0v) is 14.1. The van der Waals surface area contributed by atoms with Gasteiger partial charge >= 0.3 is 12.0 Å². The van der Waals surface area contributed by atoms with Crippen LogP contribution in [-0.4, -0.2) is 41.1 Å². The number of carboxylic acids is 1. The van der Waals surface area contributed by atoms with Gasteiger partial charge in [0.25, 0.3) is 0 Å². The lowest BCUT2D eigenvalue weighted by atomic mass is 9.91. The summed E-state index contributed by atoms with van der Waals surface area (Å²) in [5, 5.41) is 12.4. The molecule has 1 aromatic rings. The molecule has 1 saturated carbocycles. The van der Waals surface area contributed by atoms with Crippen LogP contribution in [0.3, 0.4) is 0 Å². The van der Waals surface area contributed by atoms with Crippen LogP contribution in [0.5, 0.6) is 0 Å². The molecule has 1 aliphatic heterocycles. The van der Waals surface area contributed by atoms with Crippen molar-refractivity contribution in [2.45, 2.75) is 31.7 Å². The van der Waals surface area contributed by atoms with Crippen LogP contribution >= 0.6 is 11.6 Å². The molecule has 3 rings (SSSR count). The number of aliphatic carboxylic acids is 1. The summed E-state index contributed by atoms with van der Waals surface area (Å²) in [6.45, 7) is 2.69. The lowest BCUT2D eigenvalue weighted by Gasteiger charge is -2.34. The van der Waals surface area contributed by atoms with E-state index in [1.807, 2.05) is 6.92 Å². The Morgan fingerprint density at radius 1 is 1.33 bits per heavy atom. The summed E-state index contributed by atoms with van der Waals surface area (Å²) in [6.07, 6.45) is 1.22. The summed E-state index contributed by atoms with van der Waals surface area (Å²) in [6, 6.07) is 4.11. The van der Waals surface area contributed by atoms with Crippen molar-refractivity contribution < 1.29 is 19.1 Å². The monoisotopic (exact) mass is 354 g/mol. The lowest BCUT2D eigenvalue weighted by molar-refractivity contribution is -0.143. The first kappa shape index (κ1) is 17.0. The minimum Gasteiger partial charge on any atom is -0.481 e. The minimum absolute atomic E-state index is 0.125. The second-order valence-corrected chi connectivity index (χ2v) is 7.22. The number of urea groups is 1. The highest BCUT2D eigenvalue weighted by Gasteiger charge is 2.43. The van der Waals surface area contributed by atoms with Crippen LogP contribution in [-0.2, 0) is 4.79 Å². The number of carbonyl (C=O) groups excluding carboxylic acids is 1. The summed E-state index contributed by atoms with van der Waals surface area (Å²) < 4.78 is 13.9. The molecule has 1 aromatic carbocycles. The van der Waals surface area contributed by atoms with Crippen LogP contribution in [0.15, 0.2) is 18.2 Å². The number of hydrogen-bond donors (Lipinski definition) is 2. The molecule has 0 bridgehead atoms. The predicted octanol–water partition coefficient (Wildman–Crippen LogP) is 3.09. The molecule has 24 heavy (non-hydrogen) atoms. The molecule has 2 unspecified atom stereocenters. The van der Waals surface area contributed by atoms with Crippen molar-refractivity contribution in [1.82, 2.24) is 10.2 Å². The smallest absolute Gasteiger partial charge is 0.317 e. The van der Waals surface area contributed by atoms with E-state index < -0.39 is 11.9 Å². The Hall–Kier alpha value is -1.82. The van der Waals surface area contributed by atoms with E-state index in [2.05, 4.69) is 5.32 Å². The third-order valence-corrected chi connectivity index (χ3v) is 5.10. The lowest BCUT2D eigenvalue weighted by Crippen LogP contribution is -2.50. The summed E-state index contributed by atoms with van der Waals surface area (Å²) in [5.41, 5.74) is 0.444. The molecule has 2 N–H and O–H groups in total. The van der Waals surface area contributed by atoms with Crippen molar-refractivity contribution in [3.8, 4) is 0 Å². The number of carbonyl (C=O) groups is 2. The number of carboxylic acid groups (broad SMARTS) is 1. The number of hydrogen-bond acceptors (Lipinski definition) is 2. The fourth-order valence-corrected chi connectivity index (χ4v) is 3.79. The number of halogens is 2. The van der Waals surface area contributed by atoms with Crippen molar-refractivity contribution in [2.24, 2.45) is 11.8 Å². The maximum Gasteiger partial charge on any atom is 0.317 e. The van der Waals surface area contributed by atoms with Crippen molar-refractivity contribution in [3.05, 3.63) is 34.6 Å². The van der Waals surface area contributed by atoms with Gasteiger partial charge < -0.3 is 15.3 Å². The highest BCUT2D eigenvalue weighted by Crippen LogP contribution is 2.45. The Morgan fingerprint density at radius 2 is 2.08 bits per heavy atom. The van der Waals surface area contributed by atoms with Crippen molar-refractivity contribution >= 4 is 23.6 Å². The van der Waals surface area contributed by atoms with Crippen LogP contribution in [0.25, 0.3) is 0 Å². The van der Waals surface area contributed by atoms with Crippen molar-refractivity contribution in [1.29, 1.82) is 0 Å². The largest absolute Gasteiger partial charge is 0.481 e. The highest BCUT2D eigenvalue weighted by molar-refractivity contribution is 6.31. The standard InChI is InChI=1S/C17H20ClFN2O3/c1-9-5-10(16(22)23)8-21(7-9)17(24)20-14-6-11(14)15-12(18)3-2-4-13(15)19/h2-4,9-11,14H,5-8H2,1H3,(H,20,24)(H,22,23)/t9?,10?,11-,14-/m1/s1. The molecule has 4 atom stereocenters. The Morgan fingerprint density at radius 3 is 2.75 bits per heavy atom. The fraction of sp³-hybridized carbons (Fsp3) is 0.529. The first-order valence-electron chi connectivity index (χ1n) is 8.09. The van der Waals surface area contributed by atoms with E-state index in [0.29, 0.717) is 30.0 Å². The van der Waals surface area contributed by atoms with E-state index in [4.69, 9.17) is 11.6 Å². The summed E-state index contributed by atoms with van der Waals surface area (Å²) in [4.78, 5) is 25.2. The van der Waals surface area contributed by atoms with Gasteiger partial charge in [-0.1, -0.05) is 24.6 Å². The zero-order chi connectivity index (χ0) is 17.4. The molecule has 1 aliphatic carbocycles. The average Bonchev–Trinajstić information content (AvgIpc) is 3.25. The van der Waals surface area contributed by atoms with E-state index in [-0.39, 0.29) is 36.3 Å². The maximum absolute atomic E-state index is 13.9. The predicted molar refractivity (Wildman–Crippen MR) is 87.6 cm³/mol. The minimum atomic E-state index is -0.873. The molecule has 2 aliphatic rings. The Balaban J connectivity index is 1.61. The molecule has 2 amide bonds. The number of nitrogens with zero attached hydrogens (tertiary/aromatic N) is 1. The number of nitrogens with one attached hydrogen (secondary N) is 1. The van der Waals surface area contributed by atoms with Gasteiger partial charge in [-0.2, -0.15) is 0 Å². The van der Waals surface area contributed by atoms with Crippen LogP contribution in [0.1, 0.15) is 31.2 Å². The van der Waals surface area contributed by atoms with E-state index in [1.165, 1.54) is 6.07 Å². The van der Waals surface area contributed by atoms with Gasteiger partial charge in [0.2, 0.25) is 0 Å². The molecule has 0 aromatic heterocycles. The molecule has 0 spiro atoms. The van der Waals surface area contributed by atoms with Gasteiger partial charge in [0, 0.05) is 35.6 Å². The molecule has 7 heteroatoms. The second kappa shape index (κ2) is 6.59. The first-order chi connectivity index (χ1) is 11.4. The molecular formula is C17H20ClFN2O3. The summed E-state index contributed by atoms with van der Waals surface area (Å²) >= 11 is 6.06. The number of benzene rings is 1. The van der Waals surface area contributed by atoms with E-state index in [0.717, 1.165) is 0 Å². The number of likely N-dealkylation sites (tertiary alicyclic amines) is 1. The maximum atomic E-state index is 13.9. The Kier molecular flexibility index (Phi) is 4.67. The summed E-state index contributed by atoms with van der Waals surface area (Å²) in [5.74, 6) is -1.75. The SMILES string of the molecule is CC1CC(C(=O)O)CN(C(=O)N[C@@H]2C[C@H]2c2c(F)cccc2Cl)C1. The fourth-order valence-electron chi connectivity index (χ4n) is 3.48. The van der Waals surface area contributed by atoms with Crippen molar-refractivity contribution in [2.75, 3.05) is 13.1 Å². The number of rotatable bonds is 3. The molecule has 5 nitrogen and oxygen atoms in total. The summed E-state index contributed by atoms with van der Waals surface area (Å²) in [7, 11) is 0. The van der Waals surface area contributed by atoms with Gasteiger partial charge in [-0.15, -0.1) is 0 Å². The molecule has 2 fully saturated rings. The van der Waals surface area contributed by atoms with Gasteiger partial charge in [-0.3, -0.25) is 4.79 Å². The van der Waals surface area contributed by atoms with E-state index in [1.54, 1.807) is 17.0 Å². The third-order valence-electron chi connectivity index (χ3n) is 4.77. The van der Waals surface area contributed by atoms with Crippen LogP contribution in [0.4, 0.5) is 9.18 Å². The Bertz CT molecular complexity index is 649. The van der Waals surface area contributed by atoms with Gasteiger partial charge in [-0.25, -0.2) is 9.18 Å². The zero-order valence-electron chi connectivity index (χ0n) is 13.3. The van der Waals surface area contributed by atoms with Gasteiger partial charge in [0.05, 0.1) is 5.92 Å². The van der Waals surface area contributed by atoms with Crippen LogP contribution in [0.2, 0.25) is 5.02 Å². The van der Waals surface area contributed by atoms with Crippen LogP contribution in [0, 0.1) is 17.7 Å². The number of piperidine rings is 1. The van der Waals surface area contributed by atoms with E-state index >= 15 is 0 Å². The van der Waals surface area contributed by atoms with E-state index in [9.17, 15) is 19.1 Å². The first-order valence-corrected chi connectivity index (χ1v) is 8.46. The van der Waals surface area contributed by atoms with Gasteiger partial charge in [0.1, 0.15) is 5.82 Å². The molecule has 130 valence electrons. The third kappa shape index (κ3) is 3.48. The normalized spacial score (nSPS) is 29.2. The Labute approximate surface area is 144 Å².